The quantitative estimate of drug-likeness (QED) is 0.809. The number of hydrogen-bond acceptors (Lipinski definition) is 6. The van der Waals surface area contributed by atoms with Gasteiger partial charge in [0.25, 0.3) is 0 Å². The SMILES string of the molecule is CC(C)COC(C)c1noc(CN(C)C(=O)C2C3CCC(C3)C2N)n1. The smallest absolute Gasteiger partial charge is 0.246 e. The first kappa shape index (κ1) is 18.3. The van der Waals surface area contributed by atoms with Crippen LogP contribution in [0.4, 0.5) is 0 Å². The van der Waals surface area contributed by atoms with Crippen molar-refractivity contribution in [2.75, 3.05) is 13.7 Å². The van der Waals surface area contributed by atoms with Crippen LogP contribution in [0.1, 0.15) is 57.9 Å². The van der Waals surface area contributed by atoms with E-state index in [2.05, 4.69) is 24.0 Å². The second-order valence-corrected chi connectivity index (χ2v) is 8.05. The van der Waals surface area contributed by atoms with Gasteiger partial charge >= 0.3 is 0 Å². The van der Waals surface area contributed by atoms with Crippen molar-refractivity contribution in [2.24, 2.45) is 29.4 Å². The van der Waals surface area contributed by atoms with Crippen LogP contribution < -0.4 is 5.73 Å². The van der Waals surface area contributed by atoms with Gasteiger partial charge in [0.05, 0.1) is 12.5 Å². The van der Waals surface area contributed by atoms with Gasteiger partial charge in [0.2, 0.25) is 11.8 Å². The van der Waals surface area contributed by atoms with Crippen molar-refractivity contribution >= 4 is 5.91 Å². The molecule has 1 heterocycles. The molecule has 2 aliphatic carbocycles. The van der Waals surface area contributed by atoms with Crippen molar-refractivity contribution < 1.29 is 14.1 Å². The summed E-state index contributed by atoms with van der Waals surface area (Å²) in [6.07, 6.45) is 3.17. The molecule has 1 aromatic heterocycles. The minimum absolute atomic E-state index is 0.00333. The summed E-state index contributed by atoms with van der Waals surface area (Å²) in [4.78, 5) is 18.8. The molecule has 2 fully saturated rings. The molecule has 140 valence electrons. The Balaban J connectivity index is 1.56. The number of fused-ring (bicyclic) bond motifs is 2. The number of nitrogens with zero attached hydrogens (tertiary/aromatic N) is 3. The van der Waals surface area contributed by atoms with Gasteiger partial charge in [-0.25, -0.2) is 0 Å². The zero-order chi connectivity index (χ0) is 18.1. The number of amides is 1. The average molecular weight is 350 g/mol. The standard InChI is InChI=1S/C18H30N4O3/c1-10(2)9-24-11(3)17-20-14(25-21-17)8-22(4)18(23)15-12-5-6-13(7-12)16(15)19/h10-13,15-16H,5-9,19H2,1-4H3. The van der Waals surface area contributed by atoms with E-state index in [4.69, 9.17) is 15.0 Å². The molecule has 5 unspecified atom stereocenters. The molecule has 3 rings (SSSR count). The highest BCUT2D eigenvalue weighted by Gasteiger charge is 2.49. The van der Waals surface area contributed by atoms with E-state index in [1.807, 2.05) is 6.92 Å². The number of nitrogens with two attached hydrogens (primary N) is 1. The molecule has 0 radical (unpaired) electrons. The first-order valence-electron chi connectivity index (χ1n) is 9.31. The molecule has 0 aliphatic heterocycles. The van der Waals surface area contributed by atoms with Crippen LogP contribution in [0.3, 0.4) is 0 Å². The highest BCUT2D eigenvalue weighted by molar-refractivity contribution is 5.80. The van der Waals surface area contributed by atoms with Gasteiger partial charge in [-0.15, -0.1) is 0 Å². The third-order valence-corrected chi connectivity index (χ3v) is 5.54. The van der Waals surface area contributed by atoms with Gasteiger partial charge in [-0.05, 0) is 43.9 Å². The number of rotatable bonds is 7. The molecule has 1 aromatic rings. The van der Waals surface area contributed by atoms with E-state index in [1.165, 1.54) is 6.42 Å². The number of carbonyl (C=O) groups is 1. The van der Waals surface area contributed by atoms with Crippen LogP contribution >= 0.6 is 0 Å². The third-order valence-electron chi connectivity index (χ3n) is 5.54. The Morgan fingerprint density at radius 1 is 1.36 bits per heavy atom. The van der Waals surface area contributed by atoms with Gasteiger partial charge in [0.1, 0.15) is 6.10 Å². The summed E-state index contributed by atoms with van der Waals surface area (Å²) in [5.41, 5.74) is 6.28. The van der Waals surface area contributed by atoms with Crippen molar-refractivity contribution in [3.63, 3.8) is 0 Å². The van der Waals surface area contributed by atoms with E-state index in [-0.39, 0.29) is 24.0 Å². The minimum Gasteiger partial charge on any atom is -0.370 e. The molecule has 0 spiro atoms. The minimum atomic E-state index is -0.222. The van der Waals surface area contributed by atoms with Crippen molar-refractivity contribution in [3.8, 4) is 0 Å². The molecule has 1 amide bonds. The first-order chi connectivity index (χ1) is 11.9. The Bertz CT molecular complexity index is 601. The highest BCUT2D eigenvalue weighted by Crippen LogP contribution is 2.48. The van der Waals surface area contributed by atoms with Crippen LogP contribution in [0.5, 0.6) is 0 Å². The Kier molecular flexibility index (Phi) is 5.43. The van der Waals surface area contributed by atoms with Crippen molar-refractivity contribution in [3.05, 3.63) is 11.7 Å². The zero-order valence-corrected chi connectivity index (χ0v) is 15.6. The predicted molar refractivity (Wildman–Crippen MR) is 92.3 cm³/mol. The lowest BCUT2D eigenvalue weighted by molar-refractivity contribution is -0.137. The Labute approximate surface area is 149 Å². The van der Waals surface area contributed by atoms with Crippen LogP contribution in [0.2, 0.25) is 0 Å². The Hall–Kier alpha value is -1.47. The fourth-order valence-electron chi connectivity index (χ4n) is 4.15. The van der Waals surface area contributed by atoms with Crippen LogP contribution in [-0.4, -0.2) is 40.6 Å². The van der Waals surface area contributed by atoms with Gasteiger partial charge < -0.3 is 19.9 Å². The normalized spacial score (nSPS) is 29.4. The number of hydrogen-bond donors (Lipinski definition) is 1. The van der Waals surface area contributed by atoms with Crippen LogP contribution in [0.25, 0.3) is 0 Å². The second kappa shape index (κ2) is 7.41. The number of aromatic nitrogens is 2. The molecule has 2 bridgehead atoms. The lowest BCUT2D eigenvalue weighted by atomic mass is 9.84. The largest absolute Gasteiger partial charge is 0.370 e. The van der Waals surface area contributed by atoms with E-state index >= 15 is 0 Å². The van der Waals surface area contributed by atoms with Crippen molar-refractivity contribution in [2.45, 2.75) is 58.7 Å². The van der Waals surface area contributed by atoms with Gasteiger partial charge in [0, 0.05) is 19.7 Å². The molecule has 7 heteroatoms. The van der Waals surface area contributed by atoms with Crippen LogP contribution in [0, 0.1) is 23.7 Å². The first-order valence-corrected chi connectivity index (χ1v) is 9.31. The average Bonchev–Trinajstić information content (AvgIpc) is 3.27. The molecule has 2 aliphatic rings. The van der Waals surface area contributed by atoms with Gasteiger partial charge in [-0.3, -0.25) is 4.79 Å². The van der Waals surface area contributed by atoms with E-state index in [1.54, 1.807) is 11.9 Å². The number of carbonyl (C=O) groups excluding carboxylic acids is 1. The lowest BCUT2D eigenvalue weighted by Crippen LogP contribution is -2.45. The van der Waals surface area contributed by atoms with E-state index in [0.29, 0.717) is 42.6 Å². The van der Waals surface area contributed by atoms with Gasteiger partial charge in [-0.2, -0.15) is 4.98 Å². The van der Waals surface area contributed by atoms with Gasteiger partial charge in [-0.1, -0.05) is 19.0 Å². The summed E-state index contributed by atoms with van der Waals surface area (Å²) < 4.78 is 11.0. The second-order valence-electron chi connectivity index (χ2n) is 8.05. The molecular formula is C18H30N4O3. The summed E-state index contributed by atoms with van der Waals surface area (Å²) in [5.74, 6) is 2.40. The summed E-state index contributed by atoms with van der Waals surface area (Å²) in [7, 11) is 1.78. The fourth-order valence-corrected chi connectivity index (χ4v) is 4.15. The van der Waals surface area contributed by atoms with Crippen molar-refractivity contribution in [1.29, 1.82) is 0 Å². The summed E-state index contributed by atoms with van der Waals surface area (Å²) in [6, 6.07) is -0.00333. The molecule has 0 saturated heterocycles. The monoisotopic (exact) mass is 350 g/mol. The maximum absolute atomic E-state index is 12.8. The summed E-state index contributed by atoms with van der Waals surface area (Å²) in [5, 5.41) is 3.98. The highest BCUT2D eigenvalue weighted by atomic mass is 16.5. The van der Waals surface area contributed by atoms with Crippen molar-refractivity contribution in [1.82, 2.24) is 15.0 Å². The van der Waals surface area contributed by atoms with Crippen LogP contribution in [0.15, 0.2) is 4.52 Å². The van der Waals surface area contributed by atoms with E-state index in [9.17, 15) is 4.79 Å². The fraction of sp³-hybridized carbons (Fsp3) is 0.833. The molecule has 7 nitrogen and oxygen atoms in total. The molecule has 25 heavy (non-hydrogen) atoms. The molecule has 2 N–H and O–H groups in total. The molecular weight excluding hydrogens is 320 g/mol. The van der Waals surface area contributed by atoms with E-state index < -0.39 is 0 Å². The van der Waals surface area contributed by atoms with E-state index in [0.717, 1.165) is 12.8 Å². The third kappa shape index (κ3) is 3.87. The maximum Gasteiger partial charge on any atom is 0.246 e. The lowest BCUT2D eigenvalue weighted by Gasteiger charge is -2.30. The molecule has 5 atom stereocenters. The van der Waals surface area contributed by atoms with Gasteiger partial charge in [0.15, 0.2) is 5.82 Å². The van der Waals surface area contributed by atoms with Crippen LogP contribution in [-0.2, 0) is 16.1 Å². The topological polar surface area (TPSA) is 94.5 Å². The maximum atomic E-state index is 12.8. The number of ether oxygens (including phenoxy) is 1. The Morgan fingerprint density at radius 3 is 2.72 bits per heavy atom. The molecule has 0 aromatic carbocycles. The zero-order valence-electron chi connectivity index (χ0n) is 15.6. The Morgan fingerprint density at radius 2 is 2.08 bits per heavy atom. The molecule has 2 saturated carbocycles. The summed E-state index contributed by atoms with van der Waals surface area (Å²) >= 11 is 0. The summed E-state index contributed by atoms with van der Waals surface area (Å²) in [6.45, 7) is 7.04. The predicted octanol–water partition coefficient (Wildman–Crippen LogP) is 2.14.